The quantitative estimate of drug-likeness (QED) is 0.797. The minimum absolute atomic E-state index is 0.0535. The van der Waals surface area contributed by atoms with Crippen LogP contribution in [0.25, 0.3) is 11.3 Å². The second-order valence-corrected chi connectivity index (χ2v) is 6.77. The second kappa shape index (κ2) is 5.21. The monoisotopic (exact) mass is 394 g/mol. The first-order valence-electron chi connectivity index (χ1n) is 7.23. The molecule has 1 aromatic carbocycles. The second-order valence-electron chi connectivity index (χ2n) is 5.70. The largest absolute Gasteiger partial charge is 0.374 e. The Hall–Kier alpha value is -1.21. The number of nitrogens with zero attached hydrogens (tertiary/aromatic N) is 1. The molecule has 0 amide bonds. The standard InChI is InChI=1S/C16H15IN2O2/c17-13-14(9-4-2-1-3-5-9)18-15(19-16(13)20)11-8-10-6-7-12(11)21-10/h1-5,10-12H,6-8H2,(H,18,19,20). The van der Waals surface area contributed by atoms with E-state index in [1.165, 1.54) is 0 Å². The van der Waals surface area contributed by atoms with Crippen LogP contribution in [-0.4, -0.2) is 22.2 Å². The van der Waals surface area contributed by atoms with Gasteiger partial charge in [0.2, 0.25) is 0 Å². The summed E-state index contributed by atoms with van der Waals surface area (Å²) >= 11 is 2.07. The lowest BCUT2D eigenvalue weighted by molar-refractivity contribution is 0.0998. The maximum atomic E-state index is 12.3. The third-order valence-corrected chi connectivity index (χ3v) is 5.39. The van der Waals surface area contributed by atoms with Crippen LogP contribution < -0.4 is 5.56 Å². The summed E-state index contributed by atoms with van der Waals surface area (Å²) in [4.78, 5) is 20.0. The Kier molecular flexibility index (Phi) is 3.34. The number of hydrogen-bond acceptors (Lipinski definition) is 3. The summed E-state index contributed by atoms with van der Waals surface area (Å²) in [6, 6.07) is 9.88. The lowest BCUT2D eigenvalue weighted by Crippen LogP contribution is -2.23. The van der Waals surface area contributed by atoms with Gasteiger partial charge in [0.15, 0.2) is 0 Å². The molecule has 3 heterocycles. The molecule has 4 nitrogen and oxygen atoms in total. The maximum Gasteiger partial charge on any atom is 0.264 e. The molecule has 2 aromatic rings. The first-order valence-corrected chi connectivity index (χ1v) is 8.31. The minimum Gasteiger partial charge on any atom is -0.374 e. The molecule has 2 saturated heterocycles. The fraction of sp³-hybridized carbons (Fsp3) is 0.375. The van der Waals surface area contributed by atoms with Crippen molar-refractivity contribution in [2.75, 3.05) is 0 Å². The van der Waals surface area contributed by atoms with E-state index < -0.39 is 0 Å². The number of benzene rings is 1. The van der Waals surface area contributed by atoms with Gasteiger partial charge in [-0.25, -0.2) is 4.98 Å². The molecule has 0 saturated carbocycles. The number of fused-ring (bicyclic) bond motifs is 2. The SMILES string of the molecule is O=c1[nH]c(C2CC3CCC2O3)nc(-c2ccccc2)c1I. The molecule has 2 aliphatic rings. The van der Waals surface area contributed by atoms with Crippen molar-refractivity contribution in [3.05, 3.63) is 50.1 Å². The third-order valence-electron chi connectivity index (χ3n) is 4.39. The molecule has 108 valence electrons. The highest BCUT2D eigenvalue weighted by Gasteiger charge is 2.42. The molecule has 1 N–H and O–H groups in total. The van der Waals surface area contributed by atoms with Gasteiger partial charge in [-0.15, -0.1) is 0 Å². The van der Waals surface area contributed by atoms with Crippen LogP contribution in [0.5, 0.6) is 0 Å². The van der Waals surface area contributed by atoms with Gasteiger partial charge in [0.1, 0.15) is 9.39 Å². The van der Waals surface area contributed by atoms with Crippen LogP contribution in [0.15, 0.2) is 35.1 Å². The summed E-state index contributed by atoms with van der Waals surface area (Å²) < 4.78 is 6.54. The molecular weight excluding hydrogens is 379 g/mol. The zero-order valence-corrected chi connectivity index (χ0v) is 13.5. The van der Waals surface area contributed by atoms with Crippen molar-refractivity contribution >= 4 is 22.6 Å². The summed E-state index contributed by atoms with van der Waals surface area (Å²) in [5.74, 6) is 1.02. The fourth-order valence-electron chi connectivity index (χ4n) is 3.36. The normalized spacial score (nSPS) is 27.2. The van der Waals surface area contributed by atoms with Crippen molar-refractivity contribution in [2.24, 2.45) is 0 Å². The summed E-state index contributed by atoms with van der Waals surface area (Å²) in [6.07, 6.45) is 3.77. The van der Waals surface area contributed by atoms with Gasteiger partial charge in [-0.1, -0.05) is 30.3 Å². The van der Waals surface area contributed by atoms with Gasteiger partial charge < -0.3 is 9.72 Å². The molecule has 21 heavy (non-hydrogen) atoms. The summed E-state index contributed by atoms with van der Waals surface area (Å²) in [6.45, 7) is 0. The number of aromatic nitrogens is 2. The van der Waals surface area contributed by atoms with Crippen LogP contribution >= 0.6 is 22.6 Å². The Morgan fingerprint density at radius 2 is 2.05 bits per heavy atom. The van der Waals surface area contributed by atoms with Gasteiger partial charge in [0, 0.05) is 11.5 Å². The topological polar surface area (TPSA) is 55.0 Å². The predicted octanol–water partition coefficient (Wildman–Crippen LogP) is 3.08. The smallest absolute Gasteiger partial charge is 0.264 e. The number of nitrogens with one attached hydrogen (secondary N) is 1. The highest BCUT2D eigenvalue weighted by Crippen LogP contribution is 2.43. The Labute approximate surface area is 136 Å². The van der Waals surface area contributed by atoms with Gasteiger partial charge in [-0.3, -0.25) is 4.79 Å². The molecule has 5 heteroatoms. The molecule has 0 aliphatic carbocycles. The zero-order chi connectivity index (χ0) is 14.4. The van der Waals surface area contributed by atoms with E-state index in [1.54, 1.807) is 0 Å². The number of rotatable bonds is 2. The Bertz CT molecular complexity index is 729. The van der Waals surface area contributed by atoms with E-state index >= 15 is 0 Å². The van der Waals surface area contributed by atoms with Crippen molar-refractivity contribution in [3.63, 3.8) is 0 Å². The van der Waals surface area contributed by atoms with E-state index in [2.05, 4.69) is 27.6 Å². The molecule has 2 fully saturated rings. The molecule has 3 unspecified atom stereocenters. The molecule has 4 rings (SSSR count). The van der Waals surface area contributed by atoms with Crippen molar-refractivity contribution < 1.29 is 4.74 Å². The predicted molar refractivity (Wildman–Crippen MR) is 88.3 cm³/mol. The summed E-state index contributed by atoms with van der Waals surface area (Å²) in [7, 11) is 0. The lowest BCUT2D eigenvalue weighted by atomic mass is 9.88. The first-order chi connectivity index (χ1) is 10.2. The van der Waals surface area contributed by atoms with Gasteiger partial charge in [-0.2, -0.15) is 0 Å². The Morgan fingerprint density at radius 3 is 2.71 bits per heavy atom. The Balaban J connectivity index is 1.80. The molecule has 2 bridgehead atoms. The molecule has 2 aliphatic heterocycles. The van der Waals surface area contributed by atoms with Crippen molar-refractivity contribution in [1.82, 2.24) is 9.97 Å². The average molecular weight is 394 g/mol. The molecule has 1 aromatic heterocycles. The first kappa shape index (κ1) is 13.5. The third kappa shape index (κ3) is 2.32. The molecule has 3 atom stereocenters. The molecule has 0 radical (unpaired) electrons. The molecule has 0 spiro atoms. The number of halogens is 1. The summed E-state index contributed by atoms with van der Waals surface area (Å²) in [5, 5.41) is 0. The van der Waals surface area contributed by atoms with Crippen LogP contribution in [-0.2, 0) is 4.74 Å². The van der Waals surface area contributed by atoms with Crippen LogP contribution in [0, 0.1) is 3.57 Å². The maximum absolute atomic E-state index is 12.3. The van der Waals surface area contributed by atoms with Crippen LogP contribution in [0.2, 0.25) is 0 Å². The van der Waals surface area contributed by atoms with Gasteiger partial charge in [0.25, 0.3) is 5.56 Å². The average Bonchev–Trinajstić information content (AvgIpc) is 3.13. The van der Waals surface area contributed by atoms with Crippen molar-refractivity contribution in [3.8, 4) is 11.3 Å². The number of hydrogen-bond donors (Lipinski definition) is 1. The number of aromatic amines is 1. The van der Waals surface area contributed by atoms with Crippen LogP contribution in [0.4, 0.5) is 0 Å². The van der Waals surface area contributed by atoms with E-state index in [0.29, 0.717) is 9.67 Å². The summed E-state index contributed by atoms with van der Waals surface area (Å²) in [5.41, 5.74) is 1.71. The van der Waals surface area contributed by atoms with Gasteiger partial charge in [0.05, 0.1) is 17.9 Å². The minimum atomic E-state index is -0.0535. The van der Waals surface area contributed by atoms with E-state index in [0.717, 1.165) is 36.3 Å². The van der Waals surface area contributed by atoms with Crippen molar-refractivity contribution in [1.29, 1.82) is 0 Å². The van der Waals surface area contributed by atoms with E-state index in [4.69, 9.17) is 9.72 Å². The molecular formula is C16H15IN2O2. The number of H-pyrrole nitrogens is 1. The highest BCUT2D eigenvalue weighted by atomic mass is 127. The van der Waals surface area contributed by atoms with E-state index in [-0.39, 0.29) is 17.6 Å². The number of ether oxygens (including phenoxy) is 1. The Morgan fingerprint density at radius 1 is 1.24 bits per heavy atom. The van der Waals surface area contributed by atoms with E-state index in [1.807, 2.05) is 30.3 Å². The zero-order valence-electron chi connectivity index (χ0n) is 11.4. The highest BCUT2D eigenvalue weighted by molar-refractivity contribution is 14.1. The van der Waals surface area contributed by atoms with Crippen molar-refractivity contribution in [2.45, 2.75) is 37.4 Å². The van der Waals surface area contributed by atoms with Gasteiger partial charge >= 0.3 is 0 Å². The van der Waals surface area contributed by atoms with Crippen LogP contribution in [0.1, 0.15) is 31.0 Å². The fourth-order valence-corrected chi connectivity index (χ4v) is 3.93. The lowest BCUT2D eigenvalue weighted by Gasteiger charge is -2.18. The van der Waals surface area contributed by atoms with Crippen LogP contribution in [0.3, 0.4) is 0 Å². The van der Waals surface area contributed by atoms with E-state index in [9.17, 15) is 4.79 Å². The van der Waals surface area contributed by atoms with Gasteiger partial charge in [-0.05, 0) is 41.9 Å².